The number of primary amides is 1. The lowest BCUT2D eigenvalue weighted by atomic mass is 9.97. The van der Waals surface area contributed by atoms with Gasteiger partial charge in [0.1, 0.15) is 10.6 Å². The molecule has 2 N–H and O–H groups in total. The van der Waals surface area contributed by atoms with Gasteiger partial charge in [0.25, 0.3) is 5.56 Å². The lowest BCUT2D eigenvalue weighted by molar-refractivity contribution is -0.117. The monoisotopic (exact) mass is 443 g/mol. The predicted octanol–water partition coefficient (Wildman–Crippen LogP) is 4.08. The molecule has 0 bridgehead atoms. The number of aromatic nitrogens is 2. The molecule has 3 aromatic rings. The summed E-state index contributed by atoms with van der Waals surface area (Å²) in [4.78, 5) is 32.5. The number of thiophene rings is 1. The molecule has 1 atom stereocenters. The Hall–Kier alpha value is -2.32. The Kier molecular flexibility index (Phi) is 6.15. The number of hydrogen-bond donors (Lipinski definition) is 1. The van der Waals surface area contributed by atoms with E-state index < -0.39 is 11.2 Å². The third-order valence-corrected chi connectivity index (χ3v) is 7.82. The van der Waals surface area contributed by atoms with E-state index in [2.05, 4.69) is 0 Å². The standard InChI is InChI=1S/C22H25N3O3S2/c1-3-16(19(23)26)30-22-24-20-18(15-7-5-6-8-17(15)29-20)21(27)25(22)13-9-11-14(12-10-13)28-4-2/h9-12,16H,3-8H2,1-2H3,(H2,23,26). The molecular formula is C22H25N3O3S2. The Morgan fingerprint density at radius 2 is 2.00 bits per heavy atom. The lowest BCUT2D eigenvalue weighted by Crippen LogP contribution is -2.28. The third kappa shape index (κ3) is 3.86. The molecule has 6 nitrogen and oxygen atoms in total. The average molecular weight is 444 g/mol. The predicted molar refractivity (Wildman–Crippen MR) is 122 cm³/mol. The molecule has 1 aromatic carbocycles. The van der Waals surface area contributed by atoms with Crippen molar-refractivity contribution in [3.05, 3.63) is 45.1 Å². The van der Waals surface area contributed by atoms with Crippen LogP contribution in [0.1, 0.15) is 43.6 Å². The van der Waals surface area contributed by atoms with Crippen LogP contribution in [0.15, 0.2) is 34.2 Å². The van der Waals surface area contributed by atoms with Gasteiger partial charge in [-0.1, -0.05) is 18.7 Å². The van der Waals surface area contributed by atoms with Crippen LogP contribution in [0, 0.1) is 0 Å². The second-order valence-electron chi connectivity index (χ2n) is 7.27. The van der Waals surface area contributed by atoms with Gasteiger partial charge in [0, 0.05) is 4.88 Å². The molecular weight excluding hydrogens is 418 g/mol. The molecule has 158 valence electrons. The van der Waals surface area contributed by atoms with E-state index in [9.17, 15) is 9.59 Å². The van der Waals surface area contributed by atoms with E-state index in [-0.39, 0.29) is 5.56 Å². The molecule has 0 aliphatic heterocycles. The highest BCUT2D eigenvalue weighted by Crippen LogP contribution is 2.36. The number of carbonyl (C=O) groups is 1. The molecule has 0 radical (unpaired) electrons. The molecule has 1 amide bonds. The second kappa shape index (κ2) is 8.81. The summed E-state index contributed by atoms with van der Waals surface area (Å²) in [5, 5.41) is 0.777. The van der Waals surface area contributed by atoms with Crippen molar-refractivity contribution in [2.24, 2.45) is 5.73 Å². The molecule has 1 aliphatic rings. The fraction of sp³-hybridized carbons (Fsp3) is 0.409. The fourth-order valence-corrected chi connectivity index (χ4v) is 6.11. The minimum Gasteiger partial charge on any atom is -0.494 e. The summed E-state index contributed by atoms with van der Waals surface area (Å²) < 4.78 is 7.16. The maximum atomic E-state index is 13.7. The molecule has 0 spiro atoms. The van der Waals surface area contributed by atoms with Crippen LogP contribution in [0.25, 0.3) is 15.9 Å². The number of fused-ring (bicyclic) bond motifs is 3. The Labute approximate surface area is 183 Å². The first-order chi connectivity index (χ1) is 14.5. The van der Waals surface area contributed by atoms with Crippen molar-refractivity contribution >= 4 is 39.2 Å². The smallest absolute Gasteiger partial charge is 0.267 e. The van der Waals surface area contributed by atoms with E-state index in [4.69, 9.17) is 15.5 Å². The lowest BCUT2D eigenvalue weighted by Gasteiger charge is -2.16. The van der Waals surface area contributed by atoms with Gasteiger partial charge in [0.05, 0.1) is 22.9 Å². The molecule has 30 heavy (non-hydrogen) atoms. The van der Waals surface area contributed by atoms with Gasteiger partial charge in [-0.2, -0.15) is 0 Å². The SMILES string of the molecule is CCOc1ccc(-n2c(SC(CC)C(N)=O)nc3sc4c(c3c2=O)CCCC4)cc1. The van der Waals surface area contributed by atoms with Crippen molar-refractivity contribution in [1.82, 2.24) is 9.55 Å². The van der Waals surface area contributed by atoms with Gasteiger partial charge in [-0.25, -0.2) is 4.98 Å². The van der Waals surface area contributed by atoms with Crippen molar-refractivity contribution < 1.29 is 9.53 Å². The molecule has 2 aromatic heterocycles. The molecule has 1 unspecified atom stereocenters. The highest BCUT2D eigenvalue weighted by Gasteiger charge is 2.25. The number of carbonyl (C=O) groups excluding carboxylic acids is 1. The second-order valence-corrected chi connectivity index (χ2v) is 9.52. The first kappa shape index (κ1) is 20.9. The Bertz CT molecular complexity index is 1140. The van der Waals surface area contributed by atoms with Crippen LogP contribution in [0.4, 0.5) is 0 Å². The van der Waals surface area contributed by atoms with Gasteiger partial charge in [-0.15, -0.1) is 11.3 Å². The summed E-state index contributed by atoms with van der Waals surface area (Å²) in [6.07, 6.45) is 4.73. The zero-order chi connectivity index (χ0) is 21.3. The summed E-state index contributed by atoms with van der Waals surface area (Å²) in [5.41, 5.74) is 7.35. The largest absolute Gasteiger partial charge is 0.494 e. The van der Waals surface area contributed by atoms with Crippen LogP contribution in [-0.2, 0) is 17.6 Å². The zero-order valence-corrected chi connectivity index (χ0v) is 18.8. The van der Waals surface area contributed by atoms with E-state index in [0.717, 1.165) is 47.2 Å². The summed E-state index contributed by atoms with van der Waals surface area (Å²) in [5.74, 6) is 0.342. The number of rotatable bonds is 7. The van der Waals surface area contributed by atoms with Gasteiger partial charge in [-0.3, -0.25) is 14.2 Å². The van der Waals surface area contributed by atoms with Gasteiger partial charge in [-0.05, 0) is 68.9 Å². The van der Waals surface area contributed by atoms with Gasteiger partial charge in [0.2, 0.25) is 5.91 Å². The first-order valence-electron chi connectivity index (χ1n) is 10.3. The topological polar surface area (TPSA) is 87.2 Å². The molecule has 2 heterocycles. The quantitative estimate of drug-likeness (QED) is 0.439. The molecule has 4 rings (SSSR count). The van der Waals surface area contributed by atoms with Crippen LogP contribution in [0.2, 0.25) is 0 Å². The molecule has 1 aliphatic carbocycles. The number of nitrogens with two attached hydrogens (primary N) is 1. The van der Waals surface area contributed by atoms with Crippen molar-refractivity contribution in [2.75, 3.05) is 6.61 Å². The van der Waals surface area contributed by atoms with Crippen molar-refractivity contribution in [3.8, 4) is 11.4 Å². The van der Waals surface area contributed by atoms with E-state index in [1.165, 1.54) is 16.6 Å². The number of thioether (sulfide) groups is 1. The Morgan fingerprint density at radius 3 is 2.67 bits per heavy atom. The van der Waals surface area contributed by atoms with Gasteiger partial charge in [0.15, 0.2) is 5.16 Å². The van der Waals surface area contributed by atoms with E-state index in [1.54, 1.807) is 15.9 Å². The maximum Gasteiger partial charge on any atom is 0.267 e. The number of benzene rings is 1. The van der Waals surface area contributed by atoms with Crippen LogP contribution >= 0.6 is 23.1 Å². The number of ether oxygens (including phenoxy) is 1. The van der Waals surface area contributed by atoms with Crippen molar-refractivity contribution in [3.63, 3.8) is 0 Å². The van der Waals surface area contributed by atoms with E-state index in [1.807, 2.05) is 38.1 Å². The van der Waals surface area contributed by atoms with Gasteiger partial charge >= 0.3 is 0 Å². The highest BCUT2D eigenvalue weighted by molar-refractivity contribution is 8.00. The van der Waals surface area contributed by atoms with E-state index in [0.29, 0.717) is 23.9 Å². The van der Waals surface area contributed by atoms with Crippen LogP contribution in [-0.4, -0.2) is 27.3 Å². The maximum absolute atomic E-state index is 13.7. The van der Waals surface area contributed by atoms with Crippen LogP contribution < -0.4 is 16.0 Å². The normalized spacial score (nSPS) is 14.5. The Morgan fingerprint density at radius 1 is 1.27 bits per heavy atom. The number of hydrogen-bond acceptors (Lipinski definition) is 6. The summed E-state index contributed by atoms with van der Waals surface area (Å²) in [7, 11) is 0. The molecule has 0 fully saturated rings. The summed E-state index contributed by atoms with van der Waals surface area (Å²) >= 11 is 2.87. The first-order valence-corrected chi connectivity index (χ1v) is 12.0. The molecule has 0 saturated heterocycles. The number of nitrogens with zero attached hydrogens (tertiary/aromatic N) is 2. The fourth-order valence-electron chi connectivity index (χ4n) is 3.82. The van der Waals surface area contributed by atoms with E-state index >= 15 is 0 Å². The zero-order valence-electron chi connectivity index (χ0n) is 17.1. The minimum absolute atomic E-state index is 0.0783. The highest BCUT2D eigenvalue weighted by atomic mass is 32.2. The summed E-state index contributed by atoms with van der Waals surface area (Å²) in [6, 6.07) is 7.40. The average Bonchev–Trinajstić information content (AvgIpc) is 3.11. The molecule has 0 saturated carbocycles. The molecule has 8 heteroatoms. The van der Waals surface area contributed by atoms with Crippen LogP contribution in [0.3, 0.4) is 0 Å². The number of aryl methyl sites for hydroxylation is 2. The van der Waals surface area contributed by atoms with Crippen molar-refractivity contribution in [1.29, 1.82) is 0 Å². The van der Waals surface area contributed by atoms with Crippen LogP contribution in [0.5, 0.6) is 5.75 Å². The van der Waals surface area contributed by atoms with Crippen molar-refractivity contribution in [2.45, 2.75) is 56.4 Å². The Balaban J connectivity index is 1.92. The van der Waals surface area contributed by atoms with Gasteiger partial charge < -0.3 is 10.5 Å². The third-order valence-electron chi connectivity index (χ3n) is 5.30. The minimum atomic E-state index is -0.446. The summed E-state index contributed by atoms with van der Waals surface area (Å²) in [6.45, 7) is 4.41. The number of amides is 1.